The maximum Gasteiger partial charge on any atom is 0.191 e. The van der Waals surface area contributed by atoms with Crippen LogP contribution in [0, 0.1) is 13.8 Å². The van der Waals surface area contributed by atoms with Crippen LogP contribution in [-0.4, -0.2) is 4.98 Å². The van der Waals surface area contributed by atoms with E-state index in [1.807, 2.05) is 13.8 Å². The third-order valence-electron chi connectivity index (χ3n) is 1.13. The Kier molecular flexibility index (Phi) is 1.76. The van der Waals surface area contributed by atoms with E-state index in [9.17, 15) is 0 Å². The number of halogens is 1. The van der Waals surface area contributed by atoms with Gasteiger partial charge in [0.2, 0.25) is 0 Å². The Hall–Kier alpha value is -0.500. The number of nitrogens with zero attached hydrogens (tertiary/aromatic N) is 1. The lowest BCUT2D eigenvalue weighted by Crippen LogP contribution is -1.78. The molecule has 0 amide bonds. The summed E-state index contributed by atoms with van der Waals surface area (Å²) in [5.74, 6) is 1.94. The normalized spacial score (nSPS) is 10.1. The standard InChI is InChI=1S/C6H8ClNO/c1-4-6(3-7)8-5(2)9-4/h3H2,1-2H3. The number of hydrogen-bond donors (Lipinski definition) is 0. The lowest BCUT2D eigenvalue weighted by Gasteiger charge is -1.82. The lowest BCUT2D eigenvalue weighted by molar-refractivity contribution is 0.493. The third kappa shape index (κ3) is 1.24. The quantitative estimate of drug-likeness (QED) is 0.566. The molecule has 0 spiro atoms. The molecule has 0 saturated heterocycles. The zero-order valence-corrected chi connectivity index (χ0v) is 6.20. The van der Waals surface area contributed by atoms with Gasteiger partial charge in [-0.3, -0.25) is 0 Å². The van der Waals surface area contributed by atoms with Gasteiger partial charge in [-0.2, -0.15) is 0 Å². The molecule has 0 atom stereocenters. The molecule has 1 aromatic rings. The van der Waals surface area contributed by atoms with Crippen LogP contribution < -0.4 is 0 Å². The molecule has 0 radical (unpaired) electrons. The molecule has 0 aliphatic rings. The van der Waals surface area contributed by atoms with E-state index >= 15 is 0 Å². The van der Waals surface area contributed by atoms with Crippen LogP contribution in [0.3, 0.4) is 0 Å². The van der Waals surface area contributed by atoms with Crippen molar-refractivity contribution >= 4 is 11.6 Å². The van der Waals surface area contributed by atoms with Gasteiger partial charge in [0, 0.05) is 6.92 Å². The molecule has 1 heterocycles. The van der Waals surface area contributed by atoms with Gasteiger partial charge in [0.15, 0.2) is 5.89 Å². The number of oxazole rings is 1. The Balaban J connectivity index is 3.01. The molecule has 3 heteroatoms. The van der Waals surface area contributed by atoms with Crippen molar-refractivity contribution < 1.29 is 4.42 Å². The Bertz CT molecular complexity index is 207. The van der Waals surface area contributed by atoms with Crippen LogP contribution in [0.25, 0.3) is 0 Å². The molecular formula is C6H8ClNO. The van der Waals surface area contributed by atoms with Crippen molar-refractivity contribution in [1.29, 1.82) is 0 Å². The molecule has 1 rings (SSSR count). The average Bonchev–Trinajstić information content (AvgIpc) is 2.10. The first kappa shape index (κ1) is 6.62. The Morgan fingerprint density at radius 3 is 2.44 bits per heavy atom. The minimum absolute atomic E-state index is 0.434. The summed E-state index contributed by atoms with van der Waals surface area (Å²) >= 11 is 5.52. The highest BCUT2D eigenvalue weighted by atomic mass is 35.5. The summed E-state index contributed by atoms with van der Waals surface area (Å²) in [6.45, 7) is 3.67. The number of aryl methyl sites for hydroxylation is 2. The van der Waals surface area contributed by atoms with Crippen molar-refractivity contribution in [3.8, 4) is 0 Å². The molecule has 0 aliphatic heterocycles. The summed E-state index contributed by atoms with van der Waals surface area (Å²) in [5, 5.41) is 0. The second-order valence-electron chi connectivity index (χ2n) is 1.87. The highest BCUT2D eigenvalue weighted by Crippen LogP contribution is 2.10. The van der Waals surface area contributed by atoms with E-state index in [2.05, 4.69) is 4.98 Å². The molecule has 0 aromatic carbocycles. The van der Waals surface area contributed by atoms with E-state index < -0.39 is 0 Å². The summed E-state index contributed by atoms with van der Waals surface area (Å²) in [6, 6.07) is 0. The summed E-state index contributed by atoms with van der Waals surface area (Å²) in [5.41, 5.74) is 0.842. The van der Waals surface area contributed by atoms with Gasteiger partial charge in [-0.25, -0.2) is 4.98 Å². The molecule has 0 fully saturated rings. The molecule has 0 unspecified atom stereocenters. The largest absolute Gasteiger partial charge is 0.446 e. The Labute approximate surface area is 58.8 Å². The van der Waals surface area contributed by atoms with Gasteiger partial charge in [0.1, 0.15) is 5.76 Å². The fraction of sp³-hybridized carbons (Fsp3) is 0.500. The SMILES string of the molecule is Cc1nc(CCl)c(C)o1. The second kappa shape index (κ2) is 2.40. The Morgan fingerprint density at radius 1 is 1.56 bits per heavy atom. The summed E-state index contributed by atoms with van der Waals surface area (Å²) in [6.07, 6.45) is 0. The number of rotatable bonds is 1. The molecule has 0 N–H and O–H groups in total. The van der Waals surface area contributed by atoms with Crippen LogP contribution in [0.1, 0.15) is 17.3 Å². The highest BCUT2D eigenvalue weighted by Gasteiger charge is 2.02. The van der Waals surface area contributed by atoms with Crippen LogP contribution in [0.5, 0.6) is 0 Å². The van der Waals surface area contributed by atoms with Gasteiger partial charge < -0.3 is 4.42 Å². The second-order valence-corrected chi connectivity index (χ2v) is 2.14. The maximum absolute atomic E-state index is 5.52. The van der Waals surface area contributed by atoms with Crippen LogP contribution in [0.2, 0.25) is 0 Å². The van der Waals surface area contributed by atoms with Gasteiger partial charge in [0.05, 0.1) is 11.6 Å². The highest BCUT2D eigenvalue weighted by molar-refractivity contribution is 6.16. The zero-order chi connectivity index (χ0) is 6.85. The number of alkyl halides is 1. The van der Waals surface area contributed by atoms with E-state index in [4.69, 9.17) is 16.0 Å². The van der Waals surface area contributed by atoms with Gasteiger partial charge in [-0.1, -0.05) is 0 Å². The van der Waals surface area contributed by atoms with Gasteiger partial charge >= 0.3 is 0 Å². The molecule has 9 heavy (non-hydrogen) atoms. The topological polar surface area (TPSA) is 26.0 Å². The third-order valence-corrected chi connectivity index (χ3v) is 1.38. The van der Waals surface area contributed by atoms with Gasteiger partial charge in [0.25, 0.3) is 0 Å². The first-order valence-corrected chi connectivity index (χ1v) is 3.26. The first-order valence-electron chi connectivity index (χ1n) is 2.73. The molecule has 2 nitrogen and oxygen atoms in total. The summed E-state index contributed by atoms with van der Waals surface area (Å²) < 4.78 is 5.11. The van der Waals surface area contributed by atoms with Crippen molar-refractivity contribution in [3.05, 3.63) is 17.3 Å². The average molecular weight is 146 g/mol. The van der Waals surface area contributed by atoms with Gasteiger partial charge in [-0.05, 0) is 6.92 Å². The fourth-order valence-electron chi connectivity index (χ4n) is 0.696. The van der Waals surface area contributed by atoms with Gasteiger partial charge in [-0.15, -0.1) is 11.6 Å². The van der Waals surface area contributed by atoms with E-state index in [0.717, 1.165) is 11.5 Å². The lowest BCUT2D eigenvalue weighted by atomic mass is 10.4. The van der Waals surface area contributed by atoms with Crippen LogP contribution in [0.15, 0.2) is 4.42 Å². The molecular weight excluding hydrogens is 138 g/mol. The Morgan fingerprint density at radius 2 is 2.22 bits per heavy atom. The monoisotopic (exact) mass is 145 g/mol. The van der Waals surface area contributed by atoms with Crippen molar-refractivity contribution in [2.75, 3.05) is 0 Å². The fourth-order valence-corrected chi connectivity index (χ4v) is 0.944. The van der Waals surface area contributed by atoms with Crippen molar-refractivity contribution in [3.63, 3.8) is 0 Å². The smallest absolute Gasteiger partial charge is 0.191 e. The molecule has 0 saturated carbocycles. The number of hydrogen-bond acceptors (Lipinski definition) is 2. The predicted octanol–water partition coefficient (Wildman–Crippen LogP) is 2.03. The summed E-state index contributed by atoms with van der Waals surface area (Å²) in [7, 11) is 0. The van der Waals surface area contributed by atoms with E-state index in [-0.39, 0.29) is 0 Å². The minimum atomic E-state index is 0.434. The van der Waals surface area contributed by atoms with Crippen molar-refractivity contribution in [2.24, 2.45) is 0 Å². The van der Waals surface area contributed by atoms with E-state index in [0.29, 0.717) is 11.8 Å². The molecule has 0 aliphatic carbocycles. The van der Waals surface area contributed by atoms with Crippen molar-refractivity contribution in [1.82, 2.24) is 4.98 Å². The van der Waals surface area contributed by atoms with Crippen LogP contribution >= 0.6 is 11.6 Å². The predicted molar refractivity (Wildman–Crippen MR) is 35.5 cm³/mol. The minimum Gasteiger partial charge on any atom is -0.446 e. The molecule has 50 valence electrons. The zero-order valence-electron chi connectivity index (χ0n) is 5.44. The van der Waals surface area contributed by atoms with E-state index in [1.54, 1.807) is 0 Å². The molecule has 0 bridgehead atoms. The first-order chi connectivity index (χ1) is 4.24. The van der Waals surface area contributed by atoms with Crippen LogP contribution in [-0.2, 0) is 5.88 Å². The molecule has 1 aromatic heterocycles. The van der Waals surface area contributed by atoms with E-state index in [1.165, 1.54) is 0 Å². The van der Waals surface area contributed by atoms with Crippen LogP contribution in [0.4, 0.5) is 0 Å². The summed E-state index contributed by atoms with van der Waals surface area (Å²) in [4.78, 5) is 4.03. The van der Waals surface area contributed by atoms with Crippen molar-refractivity contribution in [2.45, 2.75) is 19.7 Å². The maximum atomic E-state index is 5.52. The number of aromatic nitrogens is 1.